The van der Waals surface area contributed by atoms with Gasteiger partial charge in [0.1, 0.15) is 0 Å². The molecule has 1 saturated carbocycles. The van der Waals surface area contributed by atoms with Gasteiger partial charge in [0.25, 0.3) is 0 Å². The van der Waals surface area contributed by atoms with Crippen molar-refractivity contribution in [3.8, 4) is 0 Å². The van der Waals surface area contributed by atoms with Crippen molar-refractivity contribution in [1.29, 1.82) is 0 Å². The Kier molecular flexibility index (Phi) is 6.15. The van der Waals surface area contributed by atoms with Gasteiger partial charge in [-0.25, -0.2) is 0 Å². The Hall–Kier alpha value is -1.53. The maximum Gasteiger partial charge on any atom is 0.228 e. The van der Waals surface area contributed by atoms with Crippen LogP contribution in [0.3, 0.4) is 0 Å². The Morgan fingerprint density at radius 3 is 2.58 bits per heavy atom. The number of hydrogen-bond acceptors (Lipinski definition) is 6. The number of nitrogens with zero attached hydrogens (tertiary/aromatic N) is 3. The van der Waals surface area contributed by atoms with E-state index < -0.39 is 0 Å². The second-order valence-corrected chi connectivity index (χ2v) is 7.22. The number of rotatable bonds is 6. The van der Waals surface area contributed by atoms with E-state index in [0.29, 0.717) is 23.1 Å². The molecule has 128 valence electrons. The fourth-order valence-electron chi connectivity index (χ4n) is 2.78. The van der Waals surface area contributed by atoms with Crippen molar-refractivity contribution in [2.24, 2.45) is 0 Å². The molecule has 2 N–H and O–H groups in total. The van der Waals surface area contributed by atoms with Gasteiger partial charge in [0.2, 0.25) is 11.9 Å². The molecule has 1 aromatic heterocycles. The summed E-state index contributed by atoms with van der Waals surface area (Å²) in [5, 5.41) is 7.95. The summed E-state index contributed by atoms with van der Waals surface area (Å²) in [7, 11) is 1.82. The summed E-state index contributed by atoms with van der Waals surface area (Å²) in [6, 6.07) is 8.32. The van der Waals surface area contributed by atoms with E-state index in [0.717, 1.165) is 16.3 Å². The molecule has 5 nitrogen and oxygen atoms in total. The zero-order valence-corrected chi connectivity index (χ0v) is 15.3. The summed E-state index contributed by atoms with van der Waals surface area (Å²) in [6.07, 6.45) is 6.24. The van der Waals surface area contributed by atoms with Crippen LogP contribution in [-0.4, -0.2) is 28.0 Å². The SMILES string of the molecule is CNc1nc(NC2CCCCC2)nc(SCc2ccccc2Cl)n1. The molecule has 1 fully saturated rings. The molecule has 0 aliphatic heterocycles. The number of anilines is 2. The molecule has 0 saturated heterocycles. The van der Waals surface area contributed by atoms with Crippen LogP contribution in [0.4, 0.5) is 11.9 Å². The predicted octanol–water partition coefficient (Wildman–Crippen LogP) is 4.60. The Morgan fingerprint density at radius 1 is 1.08 bits per heavy atom. The number of benzene rings is 1. The van der Waals surface area contributed by atoms with E-state index in [2.05, 4.69) is 25.6 Å². The number of thioether (sulfide) groups is 1. The van der Waals surface area contributed by atoms with Crippen LogP contribution >= 0.6 is 23.4 Å². The van der Waals surface area contributed by atoms with Crippen LogP contribution < -0.4 is 10.6 Å². The van der Waals surface area contributed by atoms with Gasteiger partial charge in [0, 0.05) is 23.9 Å². The molecular weight excluding hydrogens is 342 g/mol. The summed E-state index contributed by atoms with van der Waals surface area (Å²) < 4.78 is 0. The average molecular weight is 364 g/mol. The van der Waals surface area contributed by atoms with E-state index >= 15 is 0 Å². The summed E-state index contributed by atoms with van der Waals surface area (Å²) in [5.41, 5.74) is 1.08. The molecule has 7 heteroatoms. The summed E-state index contributed by atoms with van der Waals surface area (Å²) in [4.78, 5) is 13.4. The van der Waals surface area contributed by atoms with Crippen molar-refractivity contribution >= 4 is 35.3 Å². The third-order valence-electron chi connectivity index (χ3n) is 4.09. The van der Waals surface area contributed by atoms with Crippen LogP contribution in [0.15, 0.2) is 29.4 Å². The molecule has 1 aliphatic carbocycles. The van der Waals surface area contributed by atoms with Crippen LogP contribution in [-0.2, 0) is 5.75 Å². The highest BCUT2D eigenvalue weighted by atomic mass is 35.5. The number of hydrogen-bond donors (Lipinski definition) is 2. The van der Waals surface area contributed by atoms with Gasteiger partial charge in [-0.15, -0.1) is 0 Å². The van der Waals surface area contributed by atoms with Gasteiger partial charge in [0.15, 0.2) is 5.16 Å². The van der Waals surface area contributed by atoms with Gasteiger partial charge in [-0.3, -0.25) is 0 Å². The van der Waals surface area contributed by atoms with E-state index in [4.69, 9.17) is 11.6 Å². The van der Waals surface area contributed by atoms with Gasteiger partial charge in [-0.1, -0.05) is 60.8 Å². The summed E-state index contributed by atoms with van der Waals surface area (Å²) in [6.45, 7) is 0. The zero-order chi connectivity index (χ0) is 16.8. The minimum atomic E-state index is 0.465. The second-order valence-electron chi connectivity index (χ2n) is 5.87. The van der Waals surface area contributed by atoms with Crippen LogP contribution in [0, 0.1) is 0 Å². The number of aromatic nitrogens is 3. The Balaban J connectivity index is 1.70. The molecule has 0 unspecified atom stereocenters. The predicted molar refractivity (Wildman–Crippen MR) is 101 cm³/mol. The van der Waals surface area contributed by atoms with Crippen molar-refractivity contribution in [3.63, 3.8) is 0 Å². The molecular formula is C17H22ClN5S. The lowest BCUT2D eigenvalue weighted by Gasteiger charge is -2.22. The van der Waals surface area contributed by atoms with E-state index in [9.17, 15) is 0 Å². The smallest absolute Gasteiger partial charge is 0.228 e. The first kappa shape index (κ1) is 17.3. The van der Waals surface area contributed by atoms with Crippen LogP contribution in [0.1, 0.15) is 37.7 Å². The first-order valence-corrected chi connectivity index (χ1v) is 9.67. The van der Waals surface area contributed by atoms with Gasteiger partial charge in [0.05, 0.1) is 0 Å². The van der Waals surface area contributed by atoms with Gasteiger partial charge in [-0.2, -0.15) is 15.0 Å². The minimum absolute atomic E-state index is 0.465. The maximum absolute atomic E-state index is 6.22. The molecule has 0 bridgehead atoms. The molecule has 3 rings (SSSR count). The molecule has 0 spiro atoms. The average Bonchev–Trinajstić information content (AvgIpc) is 2.62. The van der Waals surface area contributed by atoms with Crippen LogP contribution in [0.25, 0.3) is 0 Å². The van der Waals surface area contributed by atoms with Gasteiger partial charge in [-0.05, 0) is 24.5 Å². The standard InChI is InChI=1S/C17H22ClN5S/c1-19-15-21-16(20-13-8-3-2-4-9-13)23-17(22-15)24-11-12-7-5-6-10-14(12)18/h5-7,10,13H,2-4,8-9,11H2,1H3,(H2,19,20,21,22,23). The first-order chi connectivity index (χ1) is 11.7. The third-order valence-corrected chi connectivity index (χ3v) is 5.36. The largest absolute Gasteiger partial charge is 0.357 e. The Morgan fingerprint density at radius 2 is 1.83 bits per heavy atom. The lowest BCUT2D eigenvalue weighted by molar-refractivity contribution is 0.460. The minimum Gasteiger partial charge on any atom is -0.357 e. The molecule has 1 heterocycles. The van der Waals surface area contributed by atoms with Crippen molar-refractivity contribution in [2.45, 2.75) is 49.1 Å². The highest BCUT2D eigenvalue weighted by Crippen LogP contribution is 2.26. The van der Waals surface area contributed by atoms with Crippen molar-refractivity contribution in [1.82, 2.24) is 15.0 Å². The second kappa shape index (κ2) is 8.53. The topological polar surface area (TPSA) is 62.7 Å². The summed E-state index contributed by atoms with van der Waals surface area (Å²) >= 11 is 7.78. The molecule has 2 aromatic rings. The molecule has 0 atom stereocenters. The fourth-order valence-corrected chi connectivity index (χ4v) is 3.90. The quantitative estimate of drug-likeness (QED) is 0.731. The molecule has 1 aromatic carbocycles. The molecule has 0 radical (unpaired) electrons. The van der Waals surface area contributed by atoms with Crippen LogP contribution in [0.5, 0.6) is 0 Å². The zero-order valence-electron chi connectivity index (χ0n) is 13.8. The van der Waals surface area contributed by atoms with E-state index in [1.54, 1.807) is 11.8 Å². The molecule has 24 heavy (non-hydrogen) atoms. The number of nitrogens with one attached hydrogen (secondary N) is 2. The van der Waals surface area contributed by atoms with Crippen molar-refractivity contribution in [3.05, 3.63) is 34.9 Å². The monoisotopic (exact) mass is 363 g/mol. The lowest BCUT2D eigenvalue weighted by atomic mass is 9.96. The van der Waals surface area contributed by atoms with E-state index in [-0.39, 0.29) is 0 Å². The number of halogens is 1. The van der Waals surface area contributed by atoms with E-state index in [1.807, 2.05) is 31.3 Å². The highest BCUT2D eigenvalue weighted by molar-refractivity contribution is 7.98. The Labute approximate surface area is 152 Å². The summed E-state index contributed by atoms with van der Waals surface area (Å²) in [5.74, 6) is 1.98. The first-order valence-electron chi connectivity index (χ1n) is 8.31. The van der Waals surface area contributed by atoms with Crippen molar-refractivity contribution in [2.75, 3.05) is 17.7 Å². The van der Waals surface area contributed by atoms with Crippen molar-refractivity contribution < 1.29 is 0 Å². The Bertz CT molecular complexity index is 676. The third kappa shape index (κ3) is 4.74. The molecule has 1 aliphatic rings. The highest BCUT2D eigenvalue weighted by Gasteiger charge is 2.15. The maximum atomic E-state index is 6.22. The van der Waals surface area contributed by atoms with E-state index in [1.165, 1.54) is 32.1 Å². The molecule has 0 amide bonds. The van der Waals surface area contributed by atoms with Gasteiger partial charge < -0.3 is 10.6 Å². The van der Waals surface area contributed by atoms with Crippen LogP contribution in [0.2, 0.25) is 5.02 Å². The lowest BCUT2D eigenvalue weighted by Crippen LogP contribution is -2.24. The van der Waals surface area contributed by atoms with Gasteiger partial charge >= 0.3 is 0 Å². The normalized spacial score (nSPS) is 15.2. The fraction of sp³-hybridized carbons (Fsp3) is 0.471.